The van der Waals surface area contributed by atoms with E-state index in [2.05, 4.69) is 5.32 Å². The molecule has 0 amide bonds. The van der Waals surface area contributed by atoms with E-state index >= 15 is 0 Å². The van der Waals surface area contributed by atoms with Crippen LogP contribution in [0.4, 0.5) is 5.69 Å². The van der Waals surface area contributed by atoms with Crippen molar-refractivity contribution < 1.29 is 19.4 Å². The topological polar surface area (TPSA) is 75.6 Å². The van der Waals surface area contributed by atoms with Crippen LogP contribution in [0.1, 0.15) is 10.4 Å². The lowest BCUT2D eigenvalue weighted by Crippen LogP contribution is -2.35. The van der Waals surface area contributed by atoms with Gasteiger partial charge in [-0.1, -0.05) is 6.07 Å². The summed E-state index contributed by atoms with van der Waals surface area (Å²) in [7, 11) is 1.51. The van der Waals surface area contributed by atoms with Crippen molar-refractivity contribution in [3.05, 3.63) is 23.8 Å². The van der Waals surface area contributed by atoms with Crippen LogP contribution >= 0.6 is 0 Å². The number of methoxy groups -OCH3 is 1. The Kier molecular flexibility index (Phi) is 2.52. The second-order valence-electron chi connectivity index (χ2n) is 3.52. The Hall–Kier alpha value is -2.04. The number of ether oxygens (including phenoxy) is 1. The van der Waals surface area contributed by atoms with Gasteiger partial charge in [-0.15, -0.1) is 0 Å². The molecule has 2 rings (SSSR count). The third-order valence-corrected chi connectivity index (χ3v) is 2.61. The van der Waals surface area contributed by atoms with E-state index in [1.165, 1.54) is 7.11 Å². The average molecular weight is 221 g/mol. The van der Waals surface area contributed by atoms with Gasteiger partial charge in [0.15, 0.2) is 5.78 Å². The molecule has 0 bridgehead atoms. The number of rotatable bonds is 2. The van der Waals surface area contributed by atoms with E-state index in [0.717, 1.165) is 0 Å². The molecule has 1 unspecified atom stereocenters. The maximum atomic E-state index is 11.8. The lowest BCUT2D eigenvalue weighted by molar-refractivity contribution is -0.139. The number of benzene rings is 1. The Morgan fingerprint density at radius 1 is 1.56 bits per heavy atom. The first-order chi connectivity index (χ1) is 7.65. The predicted octanol–water partition coefficient (Wildman–Crippen LogP) is 1.00. The number of carbonyl (C=O) groups excluding carboxylic acids is 1. The van der Waals surface area contributed by atoms with Crippen molar-refractivity contribution in [3.8, 4) is 5.75 Å². The monoisotopic (exact) mass is 221 g/mol. The Morgan fingerprint density at radius 3 is 2.94 bits per heavy atom. The van der Waals surface area contributed by atoms with Crippen LogP contribution in [0, 0.1) is 5.92 Å². The molecule has 0 fully saturated rings. The second-order valence-corrected chi connectivity index (χ2v) is 3.52. The number of anilines is 1. The first-order valence-corrected chi connectivity index (χ1v) is 4.83. The van der Waals surface area contributed by atoms with Crippen molar-refractivity contribution in [1.82, 2.24) is 0 Å². The van der Waals surface area contributed by atoms with E-state index in [9.17, 15) is 9.59 Å². The molecule has 1 aliphatic rings. The van der Waals surface area contributed by atoms with E-state index in [0.29, 0.717) is 17.0 Å². The van der Waals surface area contributed by atoms with Gasteiger partial charge in [0, 0.05) is 12.1 Å². The molecule has 5 nitrogen and oxygen atoms in total. The first-order valence-electron chi connectivity index (χ1n) is 4.83. The number of carboxylic acids is 1. The summed E-state index contributed by atoms with van der Waals surface area (Å²) < 4.78 is 5.09. The van der Waals surface area contributed by atoms with Gasteiger partial charge in [0.2, 0.25) is 0 Å². The van der Waals surface area contributed by atoms with Crippen LogP contribution in [0.15, 0.2) is 18.2 Å². The molecule has 1 atom stereocenters. The highest BCUT2D eigenvalue weighted by molar-refractivity contribution is 6.13. The molecule has 2 N–H and O–H groups in total. The molecule has 0 saturated heterocycles. The molecule has 0 saturated carbocycles. The summed E-state index contributed by atoms with van der Waals surface area (Å²) in [4.78, 5) is 22.7. The van der Waals surface area contributed by atoms with Crippen LogP contribution in [0.2, 0.25) is 0 Å². The van der Waals surface area contributed by atoms with E-state index in [1.54, 1.807) is 18.2 Å². The van der Waals surface area contributed by atoms with Crippen molar-refractivity contribution >= 4 is 17.4 Å². The number of hydrogen-bond acceptors (Lipinski definition) is 4. The van der Waals surface area contributed by atoms with Gasteiger partial charge >= 0.3 is 5.97 Å². The Morgan fingerprint density at radius 2 is 2.31 bits per heavy atom. The van der Waals surface area contributed by atoms with Crippen molar-refractivity contribution in [2.24, 2.45) is 5.92 Å². The molecule has 84 valence electrons. The SMILES string of the molecule is COc1cccc2c1NCC(C(=O)O)C2=O. The van der Waals surface area contributed by atoms with Crippen LogP contribution in [-0.2, 0) is 4.79 Å². The minimum Gasteiger partial charge on any atom is -0.495 e. The van der Waals surface area contributed by atoms with Gasteiger partial charge < -0.3 is 15.2 Å². The second kappa shape index (κ2) is 3.84. The minimum atomic E-state index is -1.11. The van der Waals surface area contributed by atoms with Gasteiger partial charge in [0.05, 0.1) is 12.8 Å². The van der Waals surface area contributed by atoms with Crippen LogP contribution in [0.5, 0.6) is 5.75 Å². The number of fused-ring (bicyclic) bond motifs is 1. The fraction of sp³-hybridized carbons (Fsp3) is 0.273. The van der Waals surface area contributed by atoms with Crippen molar-refractivity contribution in [2.45, 2.75) is 0 Å². The van der Waals surface area contributed by atoms with Crippen LogP contribution in [-0.4, -0.2) is 30.5 Å². The zero-order chi connectivity index (χ0) is 11.7. The summed E-state index contributed by atoms with van der Waals surface area (Å²) >= 11 is 0. The van der Waals surface area contributed by atoms with Gasteiger partial charge in [-0.05, 0) is 12.1 Å². The smallest absolute Gasteiger partial charge is 0.316 e. The maximum Gasteiger partial charge on any atom is 0.316 e. The largest absolute Gasteiger partial charge is 0.495 e. The minimum absolute atomic E-state index is 0.0987. The van der Waals surface area contributed by atoms with Crippen LogP contribution in [0.3, 0.4) is 0 Å². The average Bonchev–Trinajstić information content (AvgIpc) is 2.28. The van der Waals surface area contributed by atoms with Gasteiger partial charge in [-0.2, -0.15) is 0 Å². The number of carboxylic acid groups (broad SMARTS) is 1. The third kappa shape index (κ3) is 1.50. The number of Topliss-reactive ketones (excluding diaryl/α,β-unsaturated/α-hetero) is 1. The Bertz CT molecular complexity index is 455. The van der Waals surface area contributed by atoms with E-state index in [-0.39, 0.29) is 12.3 Å². The number of para-hydroxylation sites is 1. The third-order valence-electron chi connectivity index (χ3n) is 2.61. The fourth-order valence-electron chi connectivity index (χ4n) is 1.77. The summed E-state index contributed by atoms with van der Waals surface area (Å²) in [5, 5.41) is 11.8. The van der Waals surface area contributed by atoms with Gasteiger partial charge in [0.25, 0.3) is 0 Å². The number of ketones is 1. The molecule has 0 spiro atoms. The van der Waals surface area contributed by atoms with E-state index in [1.807, 2.05) is 0 Å². The number of carbonyl (C=O) groups is 2. The molecule has 0 aromatic heterocycles. The van der Waals surface area contributed by atoms with Gasteiger partial charge in [-0.3, -0.25) is 9.59 Å². The molecule has 1 aromatic carbocycles. The highest BCUT2D eigenvalue weighted by Crippen LogP contribution is 2.33. The van der Waals surface area contributed by atoms with Gasteiger partial charge in [-0.25, -0.2) is 0 Å². The van der Waals surface area contributed by atoms with Crippen molar-refractivity contribution in [1.29, 1.82) is 0 Å². The van der Waals surface area contributed by atoms with E-state index < -0.39 is 11.9 Å². The normalized spacial score (nSPS) is 18.6. The molecule has 16 heavy (non-hydrogen) atoms. The molecule has 1 heterocycles. The Balaban J connectivity index is 2.46. The molecule has 0 radical (unpaired) electrons. The maximum absolute atomic E-state index is 11.8. The fourth-order valence-corrected chi connectivity index (χ4v) is 1.77. The molecular weight excluding hydrogens is 210 g/mol. The number of aliphatic carboxylic acids is 1. The van der Waals surface area contributed by atoms with Gasteiger partial charge in [0.1, 0.15) is 11.7 Å². The van der Waals surface area contributed by atoms with Crippen LogP contribution in [0.25, 0.3) is 0 Å². The predicted molar refractivity (Wildman–Crippen MR) is 56.9 cm³/mol. The van der Waals surface area contributed by atoms with Crippen molar-refractivity contribution in [2.75, 3.05) is 19.0 Å². The summed E-state index contributed by atoms with van der Waals surface area (Å²) in [5.74, 6) is -1.94. The van der Waals surface area contributed by atoms with Crippen molar-refractivity contribution in [3.63, 3.8) is 0 Å². The lowest BCUT2D eigenvalue weighted by Gasteiger charge is -2.23. The van der Waals surface area contributed by atoms with E-state index in [4.69, 9.17) is 9.84 Å². The first kappa shape index (κ1) is 10.5. The Labute approximate surface area is 92.0 Å². The molecule has 1 aromatic rings. The highest BCUT2D eigenvalue weighted by atomic mass is 16.5. The zero-order valence-electron chi connectivity index (χ0n) is 8.69. The number of nitrogens with one attached hydrogen (secondary N) is 1. The number of hydrogen-bond donors (Lipinski definition) is 2. The summed E-state index contributed by atoms with van der Waals surface area (Å²) in [6, 6.07) is 4.99. The summed E-state index contributed by atoms with van der Waals surface area (Å²) in [5.41, 5.74) is 0.950. The molecule has 1 aliphatic heterocycles. The zero-order valence-corrected chi connectivity index (χ0v) is 8.69. The highest BCUT2D eigenvalue weighted by Gasteiger charge is 2.33. The quantitative estimate of drug-likeness (QED) is 0.729. The molecule has 5 heteroatoms. The lowest BCUT2D eigenvalue weighted by atomic mass is 9.92. The summed E-state index contributed by atoms with van der Waals surface area (Å²) in [6.45, 7) is 0.0987. The molecular formula is C11H11NO4. The standard InChI is InChI=1S/C11H11NO4/c1-16-8-4-2-3-6-9(8)12-5-7(10(6)13)11(14)15/h2-4,7,12H,5H2,1H3,(H,14,15). The van der Waals surface area contributed by atoms with Crippen LogP contribution < -0.4 is 10.1 Å². The summed E-state index contributed by atoms with van der Waals surface area (Å²) in [6.07, 6.45) is 0. The molecule has 0 aliphatic carbocycles.